The summed E-state index contributed by atoms with van der Waals surface area (Å²) in [5.41, 5.74) is 8.01. The van der Waals surface area contributed by atoms with Crippen molar-refractivity contribution in [1.82, 2.24) is 29.1 Å². The molecule has 8 aromatic rings. The topological polar surface area (TPSA) is 61.4 Å². The molecule has 0 radical (unpaired) electrons. The second-order valence-corrected chi connectivity index (χ2v) is 9.63. The molecule has 0 spiro atoms. The zero-order valence-electron chi connectivity index (χ0n) is 21.4. The molecular weight excluding hydrogens is 492 g/mol. The number of fused-ring (bicyclic) bond motifs is 5. The largest absolute Gasteiger partial charge is 0.292 e. The van der Waals surface area contributed by atoms with Gasteiger partial charge in [-0.2, -0.15) is 0 Å². The summed E-state index contributed by atoms with van der Waals surface area (Å²) in [7, 11) is 0. The van der Waals surface area contributed by atoms with Crippen molar-refractivity contribution in [3.8, 4) is 34.3 Å². The van der Waals surface area contributed by atoms with Crippen molar-refractivity contribution >= 4 is 32.8 Å². The molecule has 4 aromatic carbocycles. The molecule has 0 amide bonds. The van der Waals surface area contributed by atoms with Crippen molar-refractivity contribution in [3.05, 3.63) is 134 Å². The molecule has 6 nitrogen and oxygen atoms in total. The van der Waals surface area contributed by atoms with E-state index in [-0.39, 0.29) is 0 Å². The minimum absolute atomic E-state index is 0.616. The van der Waals surface area contributed by atoms with Crippen molar-refractivity contribution in [3.63, 3.8) is 0 Å². The van der Waals surface area contributed by atoms with E-state index in [2.05, 4.69) is 99.0 Å². The molecule has 8 rings (SSSR count). The lowest BCUT2D eigenvalue weighted by Crippen LogP contribution is -2.01. The lowest BCUT2D eigenvalue weighted by Gasteiger charge is -2.10. The molecule has 40 heavy (non-hydrogen) atoms. The first-order valence-corrected chi connectivity index (χ1v) is 13.2. The summed E-state index contributed by atoms with van der Waals surface area (Å²) in [5.74, 6) is 1.52. The SMILES string of the molecule is c1ccc(-c2nc3c4c5ccccc5n(-c5nccc(-c6ccncc6)n5)c4ccc3n2-c2ccccc2)cc1. The summed E-state index contributed by atoms with van der Waals surface area (Å²) < 4.78 is 4.38. The van der Waals surface area contributed by atoms with Crippen molar-refractivity contribution in [2.45, 2.75) is 0 Å². The summed E-state index contributed by atoms with van der Waals surface area (Å²) in [6.45, 7) is 0. The Morgan fingerprint density at radius 1 is 0.500 bits per heavy atom. The average molecular weight is 515 g/mol. The van der Waals surface area contributed by atoms with Gasteiger partial charge in [-0.1, -0.05) is 66.7 Å². The van der Waals surface area contributed by atoms with Crippen molar-refractivity contribution in [2.24, 2.45) is 0 Å². The second-order valence-electron chi connectivity index (χ2n) is 9.63. The Hall–Kier alpha value is -5.62. The minimum atomic E-state index is 0.616. The number of rotatable bonds is 4. The Labute approximate surface area is 229 Å². The van der Waals surface area contributed by atoms with Crippen LogP contribution in [0.5, 0.6) is 0 Å². The first-order valence-electron chi connectivity index (χ1n) is 13.2. The molecule has 4 heterocycles. The maximum atomic E-state index is 5.31. The third-order valence-corrected chi connectivity index (χ3v) is 7.33. The highest BCUT2D eigenvalue weighted by Gasteiger charge is 2.21. The predicted octanol–water partition coefficient (Wildman–Crippen LogP) is 7.64. The van der Waals surface area contributed by atoms with Gasteiger partial charge in [0.15, 0.2) is 0 Å². The number of benzene rings is 4. The number of imidazole rings is 1. The van der Waals surface area contributed by atoms with Gasteiger partial charge >= 0.3 is 0 Å². The normalized spacial score (nSPS) is 11.5. The van der Waals surface area contributed by atoms with E-state index >= 15 is 0 Å². The van der Waals surface area contributed by atoms with Gasteiger partial charge in [-0.05, 0) is 48.5 Å². The number of pyridine rings is 1. The van der Waals surface area contributed by atoms with Crippen LogP contribution in [0.1, 0.15) is 0 Å². The fourth-order valence-electron chi connectivity index (χ4n) is 5.57. The fourth-order valence-corrected chi connectivity index (χ4v) is 5.57. The van der Waals surface area contributed by atoms with Gasteiger partial charge in [0.25, 0.3) is 0 Å². The highest BCUT2D eigenvalue weighted by Crippen LogP contribution is 2.38. The molecule has 0 saturated carbocycles. The van der Waals surface area contributed by atoms with Crippen LogP contribution < -0.4 is 0 Å². The van der Waals surface area contributed by atoms with Crippen LogP contribution in [0.3, 0.4) is 0 Å². The van der Waals surface area contributed by atoms with Crippen molar-refractivity contribution in [2.75, 3.05) is 0 Å². The summed E-state index contributed by atoms with van der Waals surface area (Å²) in [6.07, 6.45) is 5.37. The third kappa shape index (κ3) is 3.43. The van der Waals surface area contributed by atoms with Gasteiger partial charge < -0.3 is 0 Å². The quantitative estimate of drug-likeness (QED) is 0.242. The van der Waals surface area contributed by atoms with Gasteiger partial charge in [-0.3, -0.25) is 14.1 Å². The monoisotopic (exact) mass is 514 g/mol. The highest BCUT2D eigenvalue weighted by molar-refractivity contribution is 6.20. The van der Waals surface area contributed by atoms with Crippen LogP contribution in [-0.4, -0.2) is 29.1 Å². The lowest BCUT2D eigenvalue weighted by atomic mass is 10.1. The Morgan fingerprint density at radius 3 is 2.05 bits per heavy atom. The lowest BCUT2D eigenvalue weighted by molar-refractivity contribution is 0.992. The zero-order chi connectivity index (χ0) is 26.5. The zero-order valence-corrected chi connectivity index (χ0v) is 21.4. The van der Waals surface area contributed by atoms with Crippen molar-refractivity contribution < 1.29 is 0 Å². The molecule has 6 heteroatoms. The fraction of sp³-hybridized carbons (Fsp3) is 0. The second kappa shape index (κ2) is 8.99. The van der Waals surface area contributed by atoms with Gasteiger partial charge in [0.2, 0.25) is 5.95 Å². The molecule has 188 valence electrons. The van der Waals surface area contributed by atoms with E-state index in [0.29, 0.717) is 5.95 Å². The summed E-state index contributed by atoms with van der Waals surface area (Å²) in [5, 5.41) is 2.19. The third-order valence-electron chi connectivity index (χ3n) is 7.33. The van der Waals surface area contributed by atoms with Gasteiger partial charge in [-0.25, -0.2) is 15.0 Å². The van der Waals surface area contributed by atoms with Gasteiger partial charge in [0.05, 0.1) is 27.8 Å². The number of hydrogen-bond acceptors (Lipinski definition) is 4. The minimum Gasteiger partial charge on any atom is -0.292 e. The van der Waals surface area contributed by atoms with Gasteiger partial charge in [-0.15, -0.1) is 0 Å². The van der Waals surface area contributed by atoms with Crippen molar-refractivity contribution in [1.29, 1.82) is 0 Å². The van der Waals surface area contributed by atoms with Crippen LogP contribution in [0.15, 0.2) is 134 Å². The number of hydrogen-bond donors (Lipinski definition) is 0. The standard InChI is InChI=1S/C34H22N6/c1-3-9-24(10-4-1)33-38-32-30(39(33)25-11-5-2-6-12-25)16-15-29-31(32)26-13-7-8-14-28(26)40(29)34-36-22-19-27(37-34)23-17-20-35-21-18-23/h1-22H. The number of aromatic nitrogens is 6. The van der Waals surface area contributed by atoms with E-state index in [0.717, 1.165) is 61.2 Å². The van der Waals surface area contributed by atoms with E-state index in [1.54, 1.807) is 12.4 Å². The maximum absolute atomic E-state index is 5.31. The van der Waals surface area contributed by atoms with E-state index in [4.69, 9.17) is 15.0 Å². The predicted molar refractivity (Wildman–Crippen MR) is 160 cm³/mol. The van der Waals surface area contributed by atoms with E-state index in [9.17, 15) is 0 Å². The number of para-hydroxylation sites is 2. The van der Waals surface area contributed by atoms with Gasteiger partial charge in [0.1, 0.15) is 5.82 Å². The van der Waals surface area contributed by atoms with Crippen LogP contribution in [0.25, 0.3) is 67.1 Å². The van der Waals surface area contributed by atoms with Gasteiger partial charge in [0, 0.05) is 46.2 Å². The smallest absolute Gasteiger partial charge is 0.235 e. The van der Waals surface area contributed by atoms with Crippen LogP contribution >= 0.6 is 0 Å². The molecule has 0 saturated heterocycles. The highest BCUT2D eigenvalue weighted by atomic mass is 15.2. The van der Waals surface area contributed by atoms with E-state index in [1.807, 2.05) is 36.5 Å². The van der Waals surface area contributed by atoms with Crippen LogP contribution in [0.2, 0.25) is 0 Å². The Balaban J connectivity index is 1.46. The first-order chi connectivity index (χ1) is 19.9. The Kier molecular flexibility index (Phi) is 5.03. The summed E-state index contributed by atoms with van der Waals surface area (Å²) in [6, 6.07) is 39.4. The maximum Gasteiger partial charge on any atom is 0.235 e. The average Bonchev–Trinajstić information content (AvgIpc) is 3.59. The van der Waals surface area contributed by atoms with Crippen LogP contribution in [0, 0.1) is 0 Å². The van der Waals surface area contributed by atoms with E-state index in [1.165, 1.54) is 0 Å². The van der Waals surface area contributed by atoms with Crippen LogP contribution in [0.4, 0.5) is 0 Å². The number of nitrogens with zero attached hydrogens (tertiary/aromatic N) is 6. The molecule has 0 fully saturated rings. The summed E-state index contributed by atoms with van der Waals surface area (Å²) >= 11 is 0. The molecular formula is C34H22N6. The molecule has 0 aliphatic carbocycles. The molecule has 4 aromatic heterocycles. The Bertz CT molecular complexity index is 2150. The van der Waals surface area contributed by atoms with E-state index < -0.39 is 0 Å². The molecule has 0 unspecified atom stereocenters. The molecule has 0 atom stereocenters. The Morgan fingerprint density at radius 2 is 1.23 bits per heavy atom. The molecule has 0 bridgehead atoms. The first kappa shape index (κ1) is 22.4. The molecule has 0 aliphatic rings. The van der Waals surface area contributed by atoms with Crippen LogP contribution in [-0.2, 0) is 0 Å². The molecule has 0 aliphatic heterocycles. The summed E-state index contributed by atoms with van der Waals surface area (Å²) in [4.78, 5) is 19.2. The molecule has 0 N–H and O–H groups in total.